The minimum atomic E-state index is -3.93. The van der Waals surface area contributed by atoms with Crippen molar-refractivity contribution in [1.82, 2.24) is 4.98 Å². The van der Waals surface area contributed by atoms with Gasteiger partial charge in [-0.3, -0.25) is 14.4 Å². The molecule has 0 saturated carbocycles. The summed E-state index contributed by atoms with van der Waals surface area (Å²) in [6, 6.07) is 11.8. The molecule has 12 heteroatoms. The number of primary sulfonamides is 1. The number of phenolic OH excluding ortho intramolecular Hbond substituents is 1. The molecule has 0 unspecified atom stereocenters. The number of carbonyl (C=O) groups is 2. The molecule has 4 N–H and O–H groups in total. The van der Waals surface area contributed by atoms with Gasteiger partial charge < -0.3 is 10.1 Å². The number of thiazole rings is 1. The number of aromatic hydroxyl groups is 1. The molecular formula is C21H17N3O6S3. The molecule has 33 heavy (non-hydrogen) atoms. The molecular weight excluding hydrogens is 486 g/mol. The molecule has 1 saturated heterocycles. The van der Waals surface area contributed by atoms with Gasteiger partial charge in [-0.05, 0) is 30.3 Å². The highest BCUT2D eigenvalue weighted by Crippen LogP contribution is 2.58. The molecule has 170 valence electrons. The molecule has 2 aliphatic heterocycles. The van der Waals surface area contributed by atoms with Gasteiger partial charge in [0.15, 0.2) is 0 Å². The van der Waals surface area contributed by atoms with Crippen molar-refractivity contribution < 1.29 is 23.1 Å². The lowest BCUT2D eigenvalue weighted by Gasteiger charge is -2.38. The Morgan fingerprint density at radius 1 is 1.09 bits per heavy atom. The number of fused-ring (bicyclic) bond motifs is 1. The van der Waals surface area contributed by atoms with Crippen molar-refractivity contribution in [3.63, 3.8) is 0 Å². The van der Waals surface area contributed by atoms with Gasteiger partial charge in [-0.25, -0.2) is 18.5 Å². The van der Waals surface area contributed by atoms with Gasteiger partial charge in [-0.2, -0.15) is 0 Å². The average molecular weight is 504 g/mol. The Balaban J connectivity index is 1.64. The van der Waals surface area contributed by atoms with Crippen LogP contribution in [0, 0.1) is 5.41 Å². The number of nitrogens with one attached hydrogen (secondary N) is 1. The van der Waals surface area contributed by atoms with E-state index in [1.54, 1.807) is 18.2 Å². The van der Waals surface area contributed by atoms with Crippen LogP contribution < -0.4 is 14.9 Å². The second-order valence-corrected chi connectivity index (χ2v) is 11.5. The van der Waals surface area contributed by atoms with Gasteiger partial charge in [0.1, 0.15) is 5.75 Å². The van der Waals surface area contributed by atoms with Crippen molar-refractivity contribution in [3.8, 4) is 5.75 Å². The van der Waals surface area contributed by atoms with E-state index < -0.39 is 33.2 Å². The van der Waals surface area contributed by atoms with Crippen LogP contribution in [0.15, 0.2) is 63.2 Å². The Bertz CT molecular complexity index is 1460. The van der Waals surface area contributed by atoms with E-state index in [1.807, 2.05) is 0 Å². The second kappa shape index (κ2) is 7.55. The maximum atomic E-state index is 13.9. The number of nitrogens with two attached hydrogens (primary N) is 1. The van der Waals surface area contributed by atoms with Crippen molar-refractivity contribution in [1.29, 1.82) is 0 Å². The molecule has 5 rings (SSSR count). The Morgan fingerprint density at radius 3 is 2.45 bits per heavy atom. The molecule has 1 spiro atoms. The van der Waals surface area contributed by atoms with E-state index in [2.05, 4.69) is 4.98 Å². The summed E-state index contributed by atoms with van der Waals surface area (Å²) in [6.45, 7) is 0. The fourth-order valence-electron chi connectivity index (χ4n) is 4.47. The first-order chi connectivity index (χ1) is 15.6. The number of rotatable bonds is 3. The second-order valence-electron chi connectivity index (χ2n) is 7.89. The highest BCUT2D eigenvalue weighted by Gasteiger charge is 2.60. The summed E-state index contributed by atoms with van der Waals surface area (Å²) < 4.78 is 23.1. The van der Waals surface area contributed by atoms with Crippen LogP contribution in [0.3, 0.4) is 0 Å². The number of phenols is 1. The topological polar surface area (TPSA) is 151 Å². The quantitative estimate of drug-likeness (QED) is 0.462. The SMILES string of the molecule is NS(=O)(=O)c1ccc(N2C(=O)C[C@]3(CSc4[nH]c(=O)sc4[C@H]3c3ccccc3O)C2=O)cc1. The van der Waals surface area contributed by atoms with E-state index in [-0.39, 0.29) is 33.4 Å². The number of aromatic amines is 1. The first kappa shape index (κ1) is 21.9. The van der Waals surface area contributed by atoms with Gasteiger partial charge in [-0.15, -0.1) is 11.8 Å². The van der Waals surface area contributed by atoms with Crippen molar-refractivity contribution in [3.05, 3.63) is 68.6 Å². The fourth-order valence-corrected chi connectivity index (χ4v) is 7.54. The van der Waals surface area contributed by atoms with Crippen LogP contribution in [0.25, 0.3) is 0 Å². The molecule has 0 radical (unpaired) electrons. The lowest BCUT2D eigenvalue weighted by molar-refractivity contribution is -0.125. The number of carbonyl (C=O) groups excluding carboxylic acids is 2. The Morgan fingerprint density at radius 2 is 1.79 bits per heavy atom. The molecule has 2 aromatic carbocycles. The lowest BCUT2D eigenvalue weighted by Crippen LogP contribution is -2.43. The fraction of sp³-hybridized carbons (Fsp3) is 0.190. The molecule has 2 atom stereocenters. The Kier molecular flexibility index (Phi) is 5.01. The normalized spacial score (nSPS) is 22.7. The Labute approximate surface area is 196 Å². The first-order valence-electron chi connectivity index (χ1n) is 9.76. The number of sulfonamides is 1. The number of aromatic nitrogens is 1. The van der Waals surface area contributed by atoms with Crippen LogP contribution in [0.1, 0.15) is 22.8 Å². The van der Waals surface area contributed by atoms with E-state index in [0.29, 0.717) is 15.5 Å². The highest BCUT2D eigenvalue weighted by molar-refractivity contribution is 7.99. The van der Waals surface area contributed by atoms with Crippen LogP contribution >= 0.6 is 23.1 Å². The molecule has 3 heterocycles. The molecule has 3 aromatic rings. The largest absolute Gasteiger partial charge is 0.508 e. The molecule has 2 amide bonds. The average Bonchev–Trinajstić information content (AvgIpc) is 3.25. The number of imide groups is 1. The zero-order valence-electron chi connectivity index (χ0n) is 16.8. The zero-order chi connectivity index (χ0) is 23.5. The van der Waals surface area contributed by atoms with Crippen LogP contribution in [-0.4, -0.2) is 36.1 Å². The van der Waals surface area contributed by atoms with Crippen molar-refractivity contribution >= 4 is 50.6 Å². The number of hydrogen-bond donors (Lipinski definition) is 3. The number of amides is 2. The third kappa shape index (κ3) is 3.41. The van der Waals surface area contributed by atoms with E-state index in [4.69, 9.17) is 5.14 Å². The van der Waals surface area contributed by atoms with Crippen molar-refractivity contribution in [2.24, 2.45) is 10.6 Å². The predicted octanol–water partition coefficient (Wildman–Crippen LogP) is 1.98. The standard InChI is InChI=1S/C21H17N3O6S3/c22-33(29,30)12-7-5-11(6-8-12)24-15(26)9-21(19(24)27)10-31-18-17(32-20(28)23-18)16(21)13-3-1-2-4-14(13)25/h1-8,16,25H,9-10H2,(H,23,28)(H2,22,29,30)/t16-,21-/m1/s1. The minimum Gasteiger partial charge on any atom is -0.508 e. The van der Waals surface area contributed by atoms with Crippen molar-refractivity contribution in [2.45, 2.75) is 22.3 Å². The molecule has 9 nitrogen and oxygen atoms in total. The number of thioether (sulfide) groups is 1. The maximum absolute atomic E-state index is 13.9. The number of nitrogens with zero attached hydrogens (tertiary/aromatic N) is 1. The van der Waals surface area contributed by atoms with E-state index in [9.17, 15) is 27.9 Å². The molecule has 1 fully saturated rings. The summed E-state index contributed by atoms with van der Waals surface area (Å²) in [6.07, 6.45) is -0.125. The third-order valence-electron chi connectivity index (χ3n) is 5.95. The lowest BCUT2D eigenvalue weighted by atomic mass is 9.70. The number of H-pyrrole nitrogens is 1. The van der Waals surface area contributed by atoms with Gasteiger partial charge in [0, 0.05) is 28.5 Å². The molecule has 0 bridgehead atoms. The minimum absolute atomic E-state index is 0.0308. The summed E-state index contributed by atoms with van der Waals surface area (Å²) in [5, 5.41) is 16.4. The molecule has 2 aliphatic rings. The maximum Gasteiger partial charge on any atom is 0.305 e. The smallest absolute Gasteiger partial charge is 0.305 e. The number of benzene rings is 2. The third-order valence-corrected chi connectivity index (χ3v) is 9.22. The summed E-state index contributed by atoms with van der Waals surface area (Å²) in [5.74, 6) is -1.43. The predicted molar refractivity (Wildman–Crippen MR) is 123 cm³/mol. The van der Waals surface area contributed by atoms with E-state index in [1.165, 1.54) is 42.1 Å². The van der Waals surface area contributed by atoms with Crippen LogP contribution in [0.4, 0.5) is 5.69 Å². The Hall–Kier alpha value is -2.93. The van der Waals surface area contributed by atoms with Gasteiger partial charge >= 0.3 is 4.87 Å². The summed E-state index contributed by atoms with van der Waals surface area (Å²) in [7, 11) is -3.93. The van der Waals surface area contributed by atoms with Crippen molar-refractivity contribution in [2.75, 3.05) is 10.7 Å². The van der Waals surface area contributed by atoms with Crippen LogP contribution in [0.5, 0.6) is 5.75 Å². The van der Waals surface area contributed by atoms with Gasteiger partial charge in [-0.1, -0.05) is 29.5 Å². The highest BCUT2D eigenvalue weighted by atomic mass is 32.2. The first-order valence-corrected chi connectivity index (χ1v) is 13.1. The van der Waals surface area contributed by atoms with E-state index >= 15 is 0 Å². The summed E-state index contributed by atoms with van der Waals surface area (Å²) in [5.41, 5.74) is -0.539. The summed E-state index contributed by atoms with van der Waals surface area (Å²) >= 11 is 2.26. The molecule has 1 aromatic heterocycles. The van der Waals surface area contributed by atoms with Crippen LogP contribution in [-0.2, 0) is 19.6 Å². The molecule has 0 aliphatic carbocycles. The number of hydrogen-bond acceptors (Lipinski definition) is 8. The monoisotopic (exact) mass is 503 g/mol. The van der Waals surface area contributed by atoms with Crippen LogP contribution in [0.2, 0.25) is 0 Å². The number of anilines is 1. The van der Waals surface area contributed by atoms with Gasteiger partial charge in [0.25, 0.3) is 0 Å². The van der Waals surface area contributed by atoms with Gasteiger partial charge in [0.2, 0.25) is 21.8 Å². The zero-order valence-corrected chi connectivity index (χ0v) is 19.3. The number of para-hydroxylation sites is 1. The van der Waals surface area contributed by atoms with Gasteiger partial charge in [0.05, 0.1) is 21.0 Å². The van der Waals surface area contributed by atoms with E-state index in [0.717, 1.165) is 16.2 Å². The summed E-state index contributed by atoms with van der Waals surface area (Å²) in [4.78, 5) is 43.2.